The summed E-state index contributed by atoms with van der Waals surface area (Å²) in [6, 6.07) is 20.5. The molecule has 35 heavy (non-hydrogen) atoms. The molecule has 0 N–H and O–H groups in total. The van der Waals surface area contributed by atoms with E-state index < -0.39 is 0 Å². The van der Waals surface area contributed by atoms with Crippen LogP contribution >= 0.6 is 0 Å². The Balaban J connectivity index is 1.22. The normalized spacial score (nSPS) is 23.9. The van der Waals surface area contributed by atoms with E-state index in [1.165, 1.54) is 40.7 Å². The molecule has 3 aliphatic heterocycles. The summed E-state index contributed by atoms with van der Waals surface area (Å²) in [5.41, 5.74) is 9.45. The highest BCUT2D eigenvalue weighted by molar-refractivity contribution is 6.15. The van der Waals surface area contributed by atoms with Crippen molar-refractivity contribution in [2.45, 2.75) is 57.3 Å². The number of aromatic nitrogens is 1. The number of carbonyl (C=O) groups is 1. The van der Waals surface area contributed by atoms with Crippen LogP contribution in [0, 0.1) is 6.92 Å². The van der Waals surface area contributed by atoms with Gasteiger partial charge in [0.25, 0.3) is 0 Å². The van der Waals surface area contributed by atoms with Gasteiger partial charge in [-0.3, -0.25) is 19.7 Å². The van der Waals surface area contributed by atoms with Crippen LogP contribution < -0.4 is 0 Å². The predicted molar refractivity (Wildman–Crippen MR) is 137 cm³/mol. The van der Waals surface area contributed by atoms with Gasteiger partial charge in [0, 0.05) is 54.6 Å². The van der Waals surface area contributed by atoms with Gasteiger partial charge in [0.15, 0.2) is 0 Å². The molecule has 0 radical (unpaired) electrons. The molecule has 7 rings (SSSR count). The molecule has 5 heteroatoms. The summed E-state index contributed by atoms with van der Waals surface area (Å²) in [5.74, 6) is 0.638. The van der Waals surface area contributed by atoms with Crippen molar-refractivity contribution < 1.29 is 4.79 Å². The molecule has 3 aromatic rings. The van der Waals surface area contributed by atoms with Crippen LogP contribution in [0.1, 0.15) is 57.8 Å². The molecule has 2 aromatic carbocycles. The van der Waals surface area contributed by atoms with Crippen molar-refractivity contribution >= 4 is 11.6 Å². The predicted octanol–water partition coefficient (Wildman–Crippen LogP) is 4.26. The average Bonchev–Trinajstić information content (AvgIpc) is 3.50. The quantitative estimate of drug-likeness (QED) is 0.582. The Morgan fingerprint density at radius 3 is 2.60 bits per heavy atom. The van der Waals surface area contributed by atoms with E-state index in [1.807, 2.05) is 19.2 Å². The van der Waals surface area contributed by atoms with Gasteiger partial charge in [-0.1, -0.05) is 36.4 Å². The second-order valence-corrected chi connectivity index (χ2v) is 10.6. The van der Waals surface area contributed by atoms with Crippen molar-refractivity contribution in [3.63, 3.8) is 0 Å². The minimum Gasteiger partial charge on any atom is -0.333 e. The van der Waals surface area contributed by atoms with Gasteiger partial charge in [-0.15, -0.1) is 0 Å². The summed E-state index contributed by atoms with van der Waals surface area (Å²) in [4.78, 5) is 27.6. The van der Waals surface area contributed by atoms with Crippen molar-refractivity contribution in [2.75, 3.05) is 13.1 Å². The molecular weight excluding hydrogens is 432 g/mol. The molecule has 2 atom stereocenters. The number of likely N-dealkylation sites (tertiary alicyclic amines) is 1. The van der Waals surface area contributed by atoms with E-state index in [9.17, 15) is 4.79 Å². The first kappa shape index (κ1) is 21.0. The second kappa shape index (κ2) is 8.13. The van der Waals surface area contributed by atoms with Gasteiger partial charge in [0.05, 0.1) is 24.7 Å². The van der Waals surface area contributed by atoms with Crippen LogP contribution in [-0.2, 0) is 24.3 Å². The third kappa shape index (κ3) is 3.69. The molecule has 0 spiro atoms. The zero-order valence-electron chi connectivity index (χ0n) is 20.2. The van der Waals surface area contributed by atoms with Crippen LogP contribution in [0.2, 0.25) is 0 Å². The molecule has 4 heterocycles. The Labute approximate surface area is 206 Å². The van der Waals surface area contributed by atoms with E-state index >= 15 is 0 Å². The van der Waals surface area contributed by atoms with E-state index in [0.717, 1.165) is 30.1 Å². The number of aliphatic imine (C=N–C) groups is 1. The number of aryl methyl sites for hydroxylation is 1. The number of pyridine rings is 1. The smallest absolute Gasteiger partial charge is 0.227 e. The molecule has 0 unspecified atom stereocenters. The highest BCUT2D eigenvalue weighted by Crippen LogP contribution is 2.40. The summed E-state index contributed by atoms with van der Waals surface area (Å²) in [5, 5.41) is 0. The first-order valence-corrected chi connectivity index (χ1v) is 12.8. The fourth-order valence-corrected chi connectivity index (χ4v) is 6.33. The molecule has 1 saturated carbocycles. The summed E-state index contributed by atoms with van der Waals surface area (Å²) >= 11 is 0. The van der Waals surface area contributed by atoms with Gasteiger partial charge < -0.3 is 4.90 Å². The molecule has 1 aromatic heterocycles. The summed E-state index contributed by atoms with van der Waals surface area (Å²) in [6.45, 7) is 5.44. The number of amides is 1. The van der Waals surface area contributed by atoms with Gasteiger partial charge in [-0.2, -0.15) is 0 Å². The summed E-state index contributed by atoms with van der Waals surface area (Å²) in [6.07, 6.45) is 4.95. The van der Waals surface area contributed by atoms with Crippen molar-refractivity contribution in [1.82, 2.24) is 14.8 Å². The standard InChI is InChI=1S/C30H30N4O/c1-19-11-21(9-10-31-19)30-26-13-24-16-34(29(35)14-22(24)12-23(26)15-32-30)28-18-33(25-7-8-25)17-27(28)20-5-3-2-4-6-20/h2-6,9-13,25,27-28H,7-8,14-18H2,1H3/t27-,28+/m0/s1. The number of hydrogen-bond acceptors (Lipinski definition) is 4. The van der Waals surface area contributed by atoms with E-state index in [0.29, 0.717) is 31.5 Å². The molecule has 2 fully saturated rings. The summed E-state index contributed by atoms with van der Waals surface area (Å²) < 4.78 is 0. The molecule has 1 aliphatic carbocycles. The highest BCUT2D eigenvalue weighted by Gasteiger charge is 2.45. The molecule has 1 saturated heterocycles. The lowest BCUT2D eigenvalue weighted by atomic mass is 9.88. The van der Waals surface area contributed by atoms with Gasteiger partial charge in [0.1, 0.15) is 0 Å². The van der Waals surface area contributed by atoms with E-state index in [-0.39, 0.29) is 11.9 Å². The Kier molecular flexibility index (Phi) is 4.88. The van der Waals surface area contributed by atoms with Crippen molar-refractivity contribution in [3.8, 4) is 0 Å². The number of benzene rings is 2. The van der Waals surface area contributed by atoms with Crippen LogP contribution in [0.3, 0.4) is 0 Å². The fourth-order valence-electron chi connectivity index (χ4n) is 6.33. The highest BCUT2D eigenvalue weighted by atomic mass is 16.2. The fraction of sp³-hybridized carbons (Fsp3) is 0.367. The number of carbonyl (C=O) groups excluding carboxylic acids is 1. The zero-order valence-corrected chi connectivity index (χ0v) is 20.2. The van der Waals surface area contributed by atoms with Crippen LogP contribution in [-0.4, -0.2) is 51.6 Å². The number of fused-ring (bicyclic) bond motifs is 2. The summed E-state index contributed by atoms with van der Waals surface area (Å²) in [7, 11) is 0. The molecule has 4 aliphatic rings. The Morgan fingerprint density at radius 2 is 1.80 bits per heavy atom. The van der Waals surface area contributed by atoms with Crippen LogP contribution in [0.25, 0.3) is 0 Å². The maximum absolute atomic E-state index is 13.5. The van der Waals surface area contributed by atoms with Gasteiger partial charge in [-0.25, -0.2) is 0 Å². The topological polar surface area (TPSA) is 48.8 Å². The first-order valence-electron chi connectivity index (χ1n) is 12.8. The Bertz CT molecular complexity index is 1340. The molecule has 0 bridgehead atoms. The Morgan fingerprint density at radius 1 is 0.943 bits per heavy atom. The third-order valence-electron chi connectivity index (χ3n) is 8.27. The molecule has 5 nitrogen and oxygen atoms in total. The van der Waals surface area contributed by atoms with Gasteiger partial charge >= 0.3 is 0 Å². The lowest BCUT2D eigenvalue weighted by Gasteiger charge is -2.37. The van der Waals surface area contributed by atoms with E-state index in [2.05, 4.69) is 63.3 Å². The van der Waals surface area contributed by atoms with Crippen molar-refractivity contribution in [2.24, 2.45) is 4.99 Å². The van der Waals surface area contributed by atoms with Crippen LogP contribution in [0.15, 0.2) is 65.8 Å². The SMILES string of the molecule is Cc1cc(C2=NCc3cc4c(cc32)CN([C@@H]2CN(C3CC3)C[C@H]2c2ccccc2)C(=O)C4)ccn1. The maximum Gasteiger partial charge on any atom is 0.227 e. The molecule has 176 valence electrons. The van der Waals surface area contributed by atoms with E-state index in [4.69, 9.17) is 4.99 Å². The van der Waals surface area contributed by atoms with Gasteiger partial charge in [0.2, 0.25) is 5.91 Å². The first-order chi connectivity index (χ1) is 17.1. The lowest BCUT2D eigenvalue weighted by molar-refractivity contribution is -0.134. The molecule has 1 amide bonds. The number of hydrogen-bond donors (Lipinski definition) is 0. The van der Waals surface area contributed by atoms with E-state index in [1.54, 1.807) is 0 Å². The maximum atomic E-state index is 13.5. The van der Waals surface area contributed by atoms with Crippen molar-refractivity contribution in [3.05, 3.63) is 99.9 Å². The van der Waals surface area contributed by atoms with Crippen molar-refractivity contribution in [1.29, 1.82) is 0 Å². The number of rotatable bonds is 4. The monoisotopic (exact) mass is 462 g/mol. The Hall–Kier alpha value is -3.31. The third-order valence-corrected chi connectivity index (χ3v) is 8.27. The number of nitrogens with zero attached hydrogens (tertiary/aromatic N) is 4. The minimum atomic E-state index is 0.225. The second-order valence-electron chi connectivity index (χ2n) is 10.6. The minimum absolute atomic E-state index is 0.225. The lowest BCUT2D eigenvalue weighted by Crippen LogP contribution is -2.47. The zero-order chi connectivity index (χ0) is 23.5. The van der Waals surface area contributed by atoms with Crippen LogP contribution in [0.5, 0.6) is 0 Å². The average molecular weight is 463 g/mol. The van der Waals surface area contributed by atoms with Crippen LogP contribution in [0.4, 0.5) is 0 Å². The molecular formula is C30H30N4O. The van der Waals surface area contributed by atoms with Gasteiger partial charge in [-0.05, 0) is 60.2 Å². The largest absolute Gasteiger partial charge is 0.333 e.